The van der Waals surface area contributed by atoms with Crippen LogP contribution in [-0.4, -0.2) is 27.2 Å². The van der Waals surface area contributed by atoms with E-state index in [1.807, 2.05) is 0 Å². The van der Waals surface area contributed by atoms with Gasteiger partial charge < -0.3 is 4.74 Å². The van der Waals surface area contributed by atoms with Crippen LogP contribution in [0.5, 0.6) is 0 Å². The number of carbonyl (C=O) groups is 1. The predicted octanol–water partition coefficient (Wildman–Crippen LogP) is 1.27. The van der Waals surface area contributed by atoms with Crippen molar-refractivity contribution in [2.24, 2.45) is 0 Å². The van der Waals surface area contributed by atoms with E-state index in [2.05, 4.69) is 4.18 Å². The summed E-state index contributed by atoms with van der Waals surface area (Å²) in [6.07, 6.45) is 1.21. The Morgan fingerprint density at radius 2 is 1.72 bits per heavy atom. The molecule has 1 aromatic rings. The molecule has 0 saturated carbocycles. The zero-order valence-electron chi connectivity index (χ0n) is 10.4. The smallest absolute Gasteiger partial charge is 0.310 e. The van der Waals surface area contributed by atoms with Gasteiger partial charge in [-0.3, -0.25) is 8.98 Å². The SMILES string of the molecule is CCOC(=O)Cc1ccc(COS(C)(=O)=O)cc1. The lowest BCUT2D eigenvalue weighted by molar-refractivity contribution is -0.142. The summed E-state index contributed by atoms with van der Waals surface area (Å²) >= 11 is 0. The highest BCUT2D eigenvalue weighted by molar-refractivity contribution is 7.85. The van der Waals surface area contributed by atoms with Crippen molar-refractivity contribution in [3.63, 3.8) is 0 Å². The van der Waals surface area contributed by atoms with Crippen LogP contribution < -0.4 is 0 Å². The fourth-order valence-corrected chi connectivity index (χ4v) is 1.66. The topological polar surface area (TPSA) is 69.7 Å². The highest BCUT2D eigenvalue weighted by atomic mass is 32.2. The monoisotopic (exact) mass is 272 g/mol. The molecule has 0 unspecified atom stereocenters. The molecule has 18 heavy (non-hydrogen) atoms. The van der Waals surface area contributed by atoms with Gasteiger partial charge in [0.05, 0.1) is 25.9 Å². The lowest BCUT2D eigenvalue weighted by Crippen LogP contribution is -2.07. The summed E-state index contributed by atoms with van der Waals surface area (Å²) in [5, 5.41) is 0. The lowest BCUT2D eigenvalue weighted by Gasteiger charge is -2.04. The van der Waals surface area contributed by atoms with E-state index in [0.717, 1.165) is 17.4 Å². The third-order valence-corrected chi connectivity index (χ3v) is 2.66. The summed E-state index contributed by atoms with van der Waals surface area (Å²) < 4.78 is 31.1. The molecular formula is C12H16O5S. The van der Waals surface area contributed by atoms with Crippen LogP contribution in [0.1, 0.15) is 18.1 Å². The Balaban J connectivity index is 2.55. The molecule has 0 fully saturated rings. The van der Waals surface area contributed by atoms with Crippen molar-refractivity contribution in [1.82, 2.24) is 0 Å². The highest BCUT2D eigenvalue weighted by Crippen LogP contribution is 2.08. The quantitative estimate of drug-likeness (QED) is 0.576. The van der Waals surface area contributed by atoms with Gasteiger partial charge >= 0.3 is 5.97 Å². The summed E-state index contributed by atoms with van der Waals surface area (Å²) in [4.78, 5) is 11.2. The van der Waals surface area contributed by atoms with Crippen LogP contribution in [0.2, 0.25) is 0 Å². The van der Waals surface area contributed by atoms with Gasteiger partial charge in [0, 0.05) is 0 Å². The molecule has 0 aliphatic carbocycles. The van der Waals surface area contributed by atoms with Crippen LogP contribution in [0.3, 0.4) is 0 Å². The fourth-order valence-electron chi connectivity index (χ4n) is 1.31. The molecule has 0 aliphatic heterocycles. The maximum atomic E-state index is 11.2. The highest BCUT2D eigenvalue weighted by Gasteiger charge is 2.05. The molecule has 0 aliphatic rings. The molecule has 100 valence electrons. The minimum Gasteiger partial charge on any atom is -0.466 e. The summed E-state index contributed by atoms with van der Waals surface area (Å²) in [7, 11) is -3.43. The summed E-state index contributed by atoms with van der Waals surface area (Å²) in [5.41, 5.74) is 1.55. The molecule has 0 heterocycles. The number of ether oxygens (including phenoxy) is 1. The van der Waals surface area contributed by atoms with Gasteiger partial charge in [0.2, 0.25) is 0 Å². The third-order valence-electron chi connectivity index (χ3n) is 2.12. The normalized spacial score (nSPS) is 11.2. The molecule has 0 radical (unpaired) electrons. The largest absolute Gasteiger partial charge is 0.466 e. The van der Waals surface area contributed by atoms with E-state index in [0.29, 0.717) is 6.61 Å². The van der Waals surface area contributed by atoms with E-state index in [9.17, 15) is 13.2 Å². The van der Waals surface area contributed by atoms with Crippen LogP contribution in [0.4, 0.5) is 0 Å². The number of benzene rings is 1. The van der Waals surface area contributed by atoms with E-state index in [4.69, 9.17) is 4.74 Å². The summed E-state index contributed by atoms with van der Waals surface area (Å²) in [6.45, 7) is 2.11. The first-order chi connectivity index (χ1) is 8.40. The molecule has 1 aromatic carbocycles. The Kier molecular flexibility index (Phi) is 5.30. The van der Waals surface area contributed by atoms with Crippen LogP contribution >= 0.6 is 0 Å². The van der Waals surface area contributed by atoms with Crippen molar-refractivity contribution in [2.45, 2.75) is 20.0 Å². The Hall–Kier alpha value is -1.40. The molecular weight excluding hydrogens is 256 g/mol. The fraction of sp³-hybridized carbons (Fsp3) is 0.417. The lowest BCUT2D eigenvalue weighted by atomic mass is 10.1. The van der Waals surface area contributed by atoms with Crippen molar-refractivity contribution in [1.29, 1.82) is 0 Å². The second-order valence-electron chi connectivity index (χ2n) is 3.76. The van der Waals surface area contributed by atoms with Gasteiger partial charge in [0.25, 0.3) is 10.1 Å². The molecule has 1 rings (SSSR count). The molecule has 0 N–H and O–H groups in total. The zero-order valence-corrected chi connectivity index (χ0v) is 11.2. The second kappa shape index (κ2) is 6.51. The number of hydrogen-bond acceptors (Lipinski definition) is 5. The van der Waals surface area contributed by atoms with Crippen LogP contribution in [0, 0.1) is 0 Å². The van der Waals surface area contributed by atoms with Gasteiger partial charge in [-0.05, 0) is 18.1 Å². The molecule has 0 atom stereocenters. The van der Waals surface area contributed by atoms with Crippen molar-refractivity contribution in [2.75, 3.05) is 12.9 Å². The Morgan fingerprint density at radius 3 is 2.22 bits per heavy atom. The van der Waals surface area contributed by atoms with E-state index >= 15 is 0 Å². The molecule has 6 heteroatoms. The summed E-state index contributed by atoms with van der Waals surface area (Å²) in [5.74, 6) is -0.280. The Labute approximate surface area is 107 Å². The minimum atomic E-state index is -3.43. The van der Waals surface area contributed by atoms with E-state index in [1.165, 1.54) is 0 Å². The van der Waals surface area contributed by atoms with E-state index < -0.39 is 10.1 Å². The Bertz CT molecular complexity index is 490. The number of hydrogen-bond donors (Lipinski definition) is 0. The molecule has 0 amide bonds. The predicted molar refractivity (Wildman–Crippen MR) is 66.4 cm³/mol. The molecule has 5 nitrogen and oxygen atoms in total. The van der Waals surface area contributed by atoms with Gasteiger partial charge in [-0.1, -0.05) is 24.3 Å². The Morgan fingerprint density at radius 1 is 1.17 bits per heavy atom. The maximum absolute atomic E-state index is 11.2. The van der Waals surface area contributed by atoms with Crippen molar-refractivity contribution in [3.8, 4) is 0 Å². The van der Waals surface area contributed by atoms with Crippen LogP contribution in [0.25, 0.3) is 0 Å². The summed E-state index contributed by atoms with van der Waals surface area (Å²) in [6, 6.07) is 6.94. The van der Waals surface area contributed by atoms with Crippen LogP contribution in [-0.2, 0) is 36.9 Å². The minimum absolute atomic E-state index is 0.00147. The number of rotatable bonds is 6. The van der Waals surface area contributed by atoms with Crippen molar-refractivity contribution in [3.05, 3.63) is 35.4 Å². The maximum Gasteiger partial charge on any atom is 0.310 e. The van der Waals surface area contributed by atoms with Crippen molar-refractivity contribution >= 4 is 16.1 Å². The second-order valence-corrected chi connectivity index (χ2v) is 5.41. The molecule has 0 aromatic heterocycles. The first-order valence-electron chi connectivity index (χ1n) is 5.48. The molecule has 0 saturated heterocycles. The van der Waals surface area contributed by atoms with Gasteiger partial charge in [-0.15, -0.1) is 0 Å². The van der Waals surface area contributed by atoms with Crippen LogP contribution in [0.15, 0.2) is 24.3 Å². The molecule has 0 bridgehead atoms. The average Bonchev–Trinajstić information content (AvgIpc) is 2.27. The number of carbonyl (C=O) groups excluding carboxylic acids is 1. The molecule has 0 spiro atoms. The first-order valence-corrected chi connectivity index (χ1v) is 7.30. The van der Waals surface area contributed by atoms with Gasteiger partial charge in [-0.25, -0.2) is 0 Å². The van der Waals surface area contributed by atoms with E-state index in [-0.39, 0.29) is 19.0 Å². The van der Waals surface area contributed by atoms with Crippen molar-refractivity contribution < 1.29 is 22.1 Å². The first kappa shape index (κ1) is 14.7. The number of esters is 1. The van der Waals surface area contributed by atoms with Gasteiger partial charge in [0.15, 0.2) is 0 Å². The van der Waals surface area contributed by atoms with E-state index in [1.54, 1.807) is 31.2 Å². The standard InChI is InChI=1S/C12H16O5S/c1-3-16-12(13)8-10-4-6-11(7-5-10)9-17-18(2,14)15/h4-7H,3,8-9H2,1-2H3. The average molecular weight is 272 g/mol. The third kappa shape index (κ3) is 5.79. The van der Waals surface area contributed by atoms with Gasteiger partial charge in [-0.2, -0.15) is 8.42 Å². The zero-order chi connectivity index (χ0) is 13.6. The van der Waals surface area contributed by atoms with Gasteiger partial charge in [0.1, 0.15) is 0 Å².